The number of hydrogen-bond acceptors (Lipinski definition) is 9. The van der Waals surface area contributed by atoms with Crippen molar-refractivity contribution in [1.29, 1.82) is 0 Å². The van der Waals surface area contributed by atoms with Crippen molar-refractivity contribution in [3.05, 3.63) is 52.8 Å². The molecule has 0 bridgehead atoms. The lowest BCUT2D eigenvalue weighted by atomic mass is 10.2. The summed E-state index contributed by atoms with van der Waals surface area (Å²) in [5, 5.41) is 21.2. The average molecular weight is 358 g/mol. The van der Waals surface area contributed by atoms with E-state index in [9.17, 15) is 14.9 Å². The zero-order valence-corrected chi connectivity index (χ0v) is 13.3. The van der Waals surface area contributed by atoms with Gasteiger partial charge in [0.05, 0.1) is 10.7 Å². The number of para-hydroxylation sites is 1. The van der Waals surface area contributed by atoms with Crippen LogP contribution >= 0.6 is 11.8 Å². The van der Waals surface area contributed by atoms with Crippen LogP contribution in [0.1, 0.15) is 0 Å². The molecule has 1 N–H and O–H groups in total. The summed E-state index contributed by atoms with van der Waals surface area (Å²) in [5.74, 6) is -0.140. The minimum Gasteiger partial charge on any atom is -0.411 e. The highest BCUT2D eigenvalue weighted by atomic mass is 32.2. The number of nitrogens with zero attached hydrogens (tertiary/aromatic N) is 5. The highest BCUT2D eigenvalue weighted by molar-refractivity contribution is 7.99. The highest BCUT2D eigenvalue weighted by Gasteiger charge is 2.20. The van der Waals surface area contributed by atoms with E-state index in [4.69, 9.17) is 4.42 Å². The van der Waals surface area contributed by atoms with Crippen molar-refractivity contribution < 1.29 is 14.1 Å². The van der Waals surface area contributed by atoms with Gasteiger partial charge in [-0.1, -0.05) is 23.9 Å². The van der Waals surface area contributed by atoms with Gasteiger partial charge in [-0.2, -0.15) is 0 Å². The van der Waals surface area contributed by atoms with Gasteiger partial charge in [-0.25, -0.2) is 9.97 Å². The first kappa shape index (κ1) is 16.5. The molecule has 126 valence electrons. The lowest BCUT2D eigenvalue weighted by Crippen LogP contribution is -2.15. The van der Waals surface area contributed by atoms with Crippen molar-refractivity contribution in [2.45, 2.75) is 5.22 Å². The van der Waals surface area contributed by atoms with Crippen molar-refractivity contribution in [3.63, 3.8) is 0 Å². The van der Waals surface area contributed by atoms with Crippen molar-refractivity contribution >= 4 is 29.3 Å². The Kier molecular flexibility index (Phi) is 4.95. The Hall–Kier alpha value is -3.34. The van der Waals surface area contributed by atoms with Crippen LogP contribution in [0.3, 0.4) is 0 Å². The highest BCUT2D eigenvalue weighted by Crippen LogP contribution is 2.30. The van der Waals surface area contributed by atoms with E-state index in [0.29, 0.717) is 0 Å². The van der Waals surface area contributed by atoms with Crippen LogP contribution in [0.5, 0.6) is 0 Å². The molecule has 0 radical (unpaired) electrons. The van der Waals surface area contributed by atoms with Crippen LogP contribution in [0.2, 0.25) is 0 Å². The number of rotatable bonds is 6. The van der Waals surface area contributed by atoms with E-state index >= 15 is 0 Å². The second-order valence-corrected chi connectivity index (χ2v) is 5.48. The largest absolute Gasteiger partial charge is 0.411 e. The summed E-state index contributed by atoms with van der Waals surface area (Å²) >= 11 is 1.000. The number of nitro groups is 1. The topological polar surface area (TPSA) is 137 Å². The Labute approximate surface area is 144 Å². The molecule has 2 heterocycles. The number of amides is 1. The van der Waals surface area contributed by atoms with Crippen LogP contribution in [0.25, 0.3) is 11.5 Å². The minimum absolute atomic E-state index is 0.00320. The third-order valence-corrected chi connectivity index (χ3v) is 3.70. The number of nitro benzene ring substituents is 1. The van der Waals surface area contributed by atoms with Gasteiger partial charge < -0.3 is 4.42 Å². The third kappa shape index (κ3) is 4.14. The Morgan fingerprint density at radius 3 is 2.72 bits per heavy atom. The van der Waals surface area contributed by atoms with Crippen LogP contribution < -0.4 is 5.32 Å². The SMILES string of the molecule is O=C(CSc1nnc(-c2ccccc2[N+](=O)[O-])o1)Nc1ncccn1. The Morgan fingerprint density at radius 1 is 1.20 bits per heavy atom. The van der Waals surface area contributed by atoms with Crippen molar-refractivity contribution in [3.8, 4) is 11.5 Å². The molecule has 0 aliphatic rings. The first-order valence-electron chi connectivity index (χ1n) is 6.90. The average Bonchev–Trinajstić information content (AvgIpc) is 3.10. The van der Waals surface area contributed by atoms with Crippen LogP contribution in [0.15, 0.2) is 52.4 Å². The number of aromatic nitrogens is 4. The molecular weight excluding hydrogens is 348 g/mol. The summed E-state index contributed by atoms with van der Waals surface area (Å²) < 4.78 is 5.39. The number of benzene rings is 1. The molecule has 0 saturated carbocycles. The predicted molar refractivity (Wildman–Crippen MR) is 87.8 cm³/mol. The fourth-order valence-corrected chi connectivity index (χ4v) is 2.41. The molecule has 0 unspecified atom stereocenters. The molecule has 0 aliphatic heterocycles. The van der Waals surface area contributed by atoms with E-state index in [1.807, 2.05) is 0 Å². The molecule has 1 aromatic carbocycles. The van der Waals surface area contributed by atoms with E-state index in [0.717, 1.165) is 11.8 Å². The molecular formula is C14H10N6O4S. The smallest absolute Gasteiger partial charge is 0.282 e. The van der Waals surface area contributed by atoms with E-state index in [-0.39, 0.29) is 40.0 Å². The summed E-state index contributed by atoms with van der Waals surface area (Å²) in [5.41, 5.74) is 0.0793. The molecule has 1 amide bonds. The van der Waals surface area contributed by atoms with Crippen LogP contribution in [-0.4, -0.2) is 36.7 Å². The number of carbonyl (C=O) groups is 1. The van der Waals surface area contributed by atoms with Crippen LogP contribution in [0, 0.1) is 10.1 Å². The molecule has 3 aromatic rings. The lowest BCUT2D eigenvalue weighted by molar-refractivity contribution is -0.384. The van der Waals surface area contributed by atoms with Gasteiger partial charge >= 0.3 is 0 Å². The van der Waals surface area contributed by atoms with Crippen molar-refractivity contribution in [2.75, 3.05) is 11.1 Å². The summed E-state index contributed by atoms with van der Waals surface area (Å²) in [6.45, 7) is 0. The first-order chi connectivity index (χ1) is 12.1. The van der Waals surface area contributed by atoms with E-state index in [1.54, 1.807) is 18.2 Å². The van der Waals surface area contributed by atoms with Gasteiger partial charge in [-0.15, -0.1) is 10.2 Å². The molecule has 2 aromatic heterocycles. The number of hydrogen-bond donors (Lipinski definition) is 1. The van der Waals surface area contributed by atoms with Crippen molar-refractivity contribution in [1.82, 2.24) is 20.2 Å². The first-order valence-corrected chi connectivity index (χ1v) is 7.89. The maximum atomic E-state index is 11.8. The fraction of sp³-hybridized carbons (Fsp3) is 0.0714. The number of anilines is 1. The van der Waals surface area contributed by atoms with Crippen molar-refractivity contribution in [2.24, 2.45) is 0 Å². The second kappa shape index (κ2) is 7.49. The summed E-state index contributed by atoms with van der Waals surface area (Å²) in [7, 11) is 0. The fourth-order valence-electron chi connectivity index (χ4n) is 1.84. The second-order valence-electron chi connectivity index (χ2n) is 4.56. The summed E-state index contributed by atoms with van der Waals surface area (Å²) in [4.78, 5) is 30.1. The van der Waals surface area contributed by atoms with Gasteiger partial charge in [0.15, 0.2) is 0 Å². The zero-order valence-electron chi connectivity index (χ0n) is 12.5. The van der Waals surface area contributed by atoms with Gasteiger partial charge in [-0.3, -0.25) is 20.2 Å². The monoisotopic (exact) mass is 358 g/mol. The Bertz CT molecular complexity index is 901. The van der Waals surface area contributed by atoms with Gasteiger partial charge in [0.2, 0.25) is 11.9 Å². The van der Waals surface area contributed by atoms with Gasteiger partial charge in [0.25, 0.3) is 16.8 Å². The number of thioether (sulfide) groups is 1. The van der Waals surface area contributed by atoms with Crippen LogP contribution in [-0.2, 0) is 4.79 Å². The van der Waals surface area contributed by atoms with E-state index < -0.39 is 4.92 Å². The molecule has 0 fully saturated rings. The van der Waals surface area contributed by atoms with E-state index in [1.165, 1.54) is 24.5 Å². The Morgan fingerprint density at radius 2 is 1.96 bits per heavy atom. The Balaban J connectivity index is 1.64. The maximum absolute atomic E-state index is 11.8. The van der Waals surface area contributed by atoms with Crippen LogP contribution in [0.4, 0.5) is 11.6 Å². The molecule has 0 saturated heterocycles. The quantitative estimate of drug-likeness (QED) is 0.399. The zero-order chi connectivity index (χ0) is 17.6. The normalized spacial score (nSPS) is 10.4. The minimum atomic E-state index is -0.528. The lowest BCUT2D eigenvalue weighted by Gasteiger charge is -2.00. The summed E-state index contributed by atoms with van der Waals surface area (Å²) in [6.07, 6.45) is 3.01. The molecule has 11 heteroatoms. The van der Waals surface area contributed by atoms with E-state index in [2.05, 4.69) is 25.5 Å². The molecule has 0 aliphatic carbocycles. The number of nitrogens with one attached hydrogen (secondary N) is 1. The molecule has 10 nitrogen and oxygen atoms in total. The standard InChI is InChI=1S/C14H10N6O4S/c21-11(17-13-15-6-3-7-16-13)8-25-14-19-18-12(24-14)9-4-1-2-5-10(9)20(22)23/h1-7H,8H2,(H,15,16,17,21). The molecule has 0 atom stereocenters. The van der Waals surface area contributed by atoms with Gasteiger partial charge in [-0.05, 0) is 12.1 Å². The molecule has 0 spiro atoms. The maximum Gasteiger partial charge on any atom is 0.282 e. The van der Waals surface area contributed by atoms with Gasteiger partial charge in [0.1, 0.15) is 5.56 Å². The summed E-state index contributed by atoms with van der Waals surface area (Å²) in [6, 6.07) is 7.67. The van der Waals surface area contributed by atoms with Gasteiger partial charge in [0, 0.05) is 18.5 Å². The third-order valence-electron chi connectivity index (χ3n) is 2.88. The number of carbonyl (C=O) groups excluding carboxylic acids is 1. The molecule has 25 heavy (non-hydrogen) atoms. The molecule has 3 rings (SSSR count). The predicted octanol–water partition coefficient (Wildman–Crippen LogP) is 2.17.